The molecule has 1 unspecified atom stereocenters. The number of carbonyl (C=O) groups is 1. The third-order valence-electron chi connectivity index (χ3n) is 5.68. The van der Waals surface area contributed by atoms with E-state index in [1.54, 1.807) is 12.0 Å². The van der Waals surface area contributed by atoms with E-state index < -0.39 is 17.6 Å². The Kier molecular flexibility index (Phi) is 12.2. The Morgan fingerprint density at radius 3 is 2.64 bits per heavy atom. The molecular weight excluding hydrogens is 486 g/mol. The van der Waals surface area contributed by atoms with Gasteiger partial charge in [-0.25, -0.2) is 0 Å². The van der Waals surface area contributed by atoms with Crippen LogP contribution >= 0.6 is 24.8 Å². The minimum absolute atomic E-state index is 0. The van der Waals surface area contributed by atoms with Gasteiger partial charge in [-0.2, -0.15) is 13.2 Å². The zero-order chi connectivity index (χ0) is 22.4. The van der Waals surface area contributed by atoms with Crippen LogP contribution in [0.15, 0.2) is 18.2 Å². The van der Waals surface area contributed by atoms with Gasteiger partial charge >= 0.3 is 6.18 Å². The lowest BCUT2D eigenvalue weighted by Crippen LogP contribution is -2.55. The first-order valence-electron chi connectivity index (χ1n) is 10.4. The predicted octanol–water partition coefficient (Wildman–Crippen LogP) is 2.71. The van der Waals surface area contributed by atoms with E-state index in [0.29, 0.717) is 39.3 Å². The van der Waals surface area contributed by atoms with Crippen LogP contribution in [0.5, 0.6) is 5.75 Å². The van der Waals surface area contributed by atoms with E-state index in [-0.39, 0.29) is 48.3 Å². The van der Waals surface area contributed by atoms with E-state index in [1.807, 2.05) is 0 Å². The molecule has 0 spiro atoms. The molecule has 0 radical (unpaired) electrons. The highest BCUT2D eigenvalue weighted by Crippen LogP contribution is 2.33. The number of hydrogen-bond donors (Lipinski definition) is 1. The highest BCUT2D eigenvalue weighted by molar-refractivity contribution is 5.95. The molecule has 2 atom stereocenters. The van der Waals surface area contributed by atoms with E-state index >= 15 is 0 Å². The second kappa shape index (κ2) is 13.6. The van der Waals surface area contributed by atoms with Crippen LogP contribution in [0.2, 0.25) is 0 Å². The summed E-state index contributed by atoms with van der Waals surface area (Å²) in [5.41, 5.74) is -0.899. The summed E-state index contributed by atoms with van der Waals surface area (Å²) in [4.78, 5) is 17.1. The molecule has 1 aromatic rings. The lowest BCUT2D eigenvalue weighted by molar-refractivity contribution is -0.137. The van der Waals surface area contributed by atoms with Gasteiger partial charge < -0.3 is 24.4 Å². The molecular formula is C21H32Cl2F3N3O4. The number of piperazine rings is 1. The van der Waals surface area contributed by atoms with Gasteiger partial charge in [-0.15, -0.1) is 24.8 Å². The van der Waals surface area contributed by atoms with Crippen LogP contribution in [0.1, 0.15) is 22.3 Å². The summed E-state index contributed by atoms with van der Waals surface area (Å²) in [5, 5.41) is 3.28. The van der Waals surface area contributed by atoms with Crippen molar-refractivity contribution >= 4 is 30.7 Å². The van der Waals surface area contributed by atoms with Gasteiger partial charge in [-0.3, -0.25) is 9.69 Å². The highest BCUT2D eigenvalue weighted by Gasteiger charge is 2.34. The van der Waals surface area contributed by atoms with Gasteiger partial charge in [0.05, 0.1) is 32.0 Å². The lowest BCUT2D eigenvalue weighted by Gasteiger charge is -2.39. The fourth-order valence-corrected chi connectivity index (χ4v) is 4.06. The van der Waals surface area contributed by atoms with Crippen LogP contribution in [0.4, 0.5) is 13.2 Å². The Morgan fingerprint density at radius 2 is 1.97 bits per heavy atom. The molecule has 3 rings (SSSR count). The molecule has 0 aromatic heterocycles. The number of hydrogen-bond acceptors (Lipinski definition) is 6. The quantitative estimate of drug-likeness (QED) is 0.599. The van der Waals surface area contributed by atoms with Crippen LogP contribution in [0.25, 0.3) is 0 Å². The third-order valence-corrected chi connectivity index (χ3v) is 5.68. The summed E-state index contributed by atoms with van der Waals surface area (Å²) in [6.07, 6.45) is -3.81. The molecule has 0 saturated carbocycles. The number of methoxy groups -OCH3 is 2. The summed E-state index contributed by atoms with van der Waals surface area (Å²) >= 11 is 0. The Morgan fingerprint density at radius 1 is 1.21 bits per heavy atom. The van der Waals surface area contributed by atoms with Gasteiger partial charge in [-0.05, 0) is 24.6 Å². The molecule has 190 valence electrons. The Bertz CT molecular complexity index is 756. The van der Waals surface area contributed by atoms with Crippen molar-refractivity contribution in [1.82, 2.24) is 15.1 Å². The largest absolute Gasteiger partial charge is 0.497 e. The maximum Gasteiger partial charge on any atom is 0.416 e. The summed E-state index contributed by atoms with van der Waals surface area (Å²) in [5.74, 6) is -0.391. The van der Waals surface area contributed by atoms with Crippen LogP contribution in [0.3, 0.4) is 0 Å². The summed E-state index contributed by atoms with van der Waals surface area (Å²) < 4.78 is 55.6. The monoisotopic (exact) mass is 517 g/mol. The first kappa shape index (κ1) is 29.7. The molecule has 2 saturated heterocycles. The maximum absolute atomic E-state index is 13.3. The second-order valence-corrected chi connectivity index (χ2v) is 7.84. The zero-order valence-corrected chi connectivity index (χ0v) is 20.4. The van der Waals surface area contributed by atoms with Crippen molar-refractivity contribution in [2.24, 2.45) is 0 Å². The Hall–Kier alpha value is -1.30. The Labute approximate surface area is 204 Å². The molecule has 2 aliphatic heterocycles. The SMILES string of the molecule is COC[C@@H]1CN(CCC2CNCCN2C(=O)c2cc(OC)cc(C(F)(F)F)c2)CCO1.Cl.Cl. The summed E-state index contributed by atoms with van der Waals surface area (Å²) in [6.45, 7) is 5.14. The number of nitrogens with one attached hydrogen (secondary N) is 1. The molecule has 1 amide bonds. The molecule has 33 heavy (non-hydrogen) atoms. The number of ether oxygens (including phenoxy) is 3. The van der Waals surface area contributed by atoms with Gasteiger partial charge in [-0.1, -0.05) is 0 Å². The molecule has 2 fully saturated rings. The van der Waals surface area contributed by atoms with Crippen molar-refractivity contribution in [2.75, 3.05) is 66.7 Å². The van der Waals surface area contributed by atoms with Gasteiger partial charge in [0.15, 0.2) is 0 Å². The molecule has 2 heterocycles. The van der Waals surface area contributed by atoms with E-state index in [4.69, 9.17) is 14.2 Å². The highest BCUT2D eigenvalue weighted by atomic mass is 35.5. The standard InChI is InChI=1S/C21H30F3N3O4.2ClH/c1-29-14-19-13-26(7-8-31-19)5-3-17-12-25-4-6-27(17)20(28)15-9-16(21(22,23)24)11-18(10-15)30-2;;/h9-11,17,19,25H,3-8,12-14H2,1-2H3;2*1H/t17?,19-;;/m0../s1. The number of nitrogens with zero attached hydrogens (tertiary/aromatic N) is 2. The van der Waals surface area contributed by atoms with Crippen molar-refractivity contribution < 1.29 is 32.2 Å². The fraction of sp³-hybridized carbons (Fsp3) is 0.667. The fourth-order valence-electron chi connectivity index (χ4n) is 4.06. The van der Waals surface area contributed by atoms with Crippen LogP contribution in [0, 0.1) is 0 Å². The van der Waals surface area contributed by atoms with Crippen LogP contribution < -0.4 is 10.1 Å². The van der Waals surface area contributed by atoms with Gasteiger partial charge in [0.2, 0.25) is 0 Å². The minimum atomic E-state index is -4.55. The molecule has 0 aliphatic carbocycles. The Balaban J connectivity index is 0.00000272. The normalized spacial score (nSPS) is 21.7. The van der Waals surface area contributed by atoms with E-state index in [9.17, 15) is 18.0 Å². The third kappa shape index (κ3) is 8.15. The average Bonchev–Trinajstić information content (AvgIpc) is 2.77. The maximum atomic E-state index is 13.3. The topological polar surface area (TPSA) is 63.3 Å². The second-order valence-electron chi connectivity index (χ2n) is 7.84. The first-order chi connectivity index (χ1) is 14.8. The van der Waals surface area contributed by atoms with Crippen molar-refractivity contribution in [3.8, 4) is 5.75 Å². The predicted molar refractivity (Wildman–Crippen MR) is 123 cm³/mol. The first-order valence-corrected chi connectivity index (χ1v) is 10.4. The summed E-state index contributed by atoms with van der Waals surface area (Å²) in [7, 11) is 2.93. The molecule has 7 nitrogen and oxygen atoms in total. The summed E-state index contributed by atoms with van der Waals surface area (Å²) in [6, 6.07) is 3.07. The molecule has 12 heteroatoms. The molecule has 1 N–H and O–H groups in total. The molecule has 1 aromatic carbocycles. The lowest BCUT2D eigenvalue weighted by atomic mass is 10.0. The number of halogens is 5. The smallest absolute Gasteiger partial charge is 0.416 e. The van der Waals surface area contributed by atoms with Crippen molar-refractivity contribution in [3.05, 3.63) is 29.3 Å². The number of carbonyl (C=O) groups excluding carboxylic acids is 1. The molecule has 2 aliphatic rings. The van der Waals surface area contributed by atoms with E-state index in [1.165, 1.54) is 13.2 Å². The average molecular weight is 518 g/mol. The zero-order valence-electron chi connectivity index (χ0n) is 18.7. The van der Waals surface area contributed by atoms with Crippen molar-refractivity contribution in [3.63, 3.8) is 0 Å². The number of amides is 1. The van der Waals surface area contributed by atoms with E-state index in [2.05, 4.69) is 10.2 Å². The van der Waals surface area contributed by atoms with Crippen LogP contribution in [-0.2, 0) is 15.7 Å². The molecule has 0 bridgehead atoms. The van der Waals surface area contributed by atoms with Crippen LogP contribution in [-0.4, -0.2) is 94.6 Å². The van der Waals surface area contributed by atoms with Crippen molar-refractivity contribution in [1.29, 1.82) is 0 Å². The number of benzene rings is 1. The number of rotatable bonds is 7. The van der Waals surface area contributed by atoms with Gasteiger partial charge in [0.1, 0.15) is 5.75 Å². The van der Waals surface area contributed by atoms with Crippen molar-refractivity contribution in [2.45, 2.75) is 24.7 Å². The number of morpholine rings is 1. The minimum Gasteiger partial charge on any atom is -0.497 e. The number of alkyl halides is 3. The van der Waals surface area contributed by atoms with E-state index in [0.717, 1.165) is 31.8 Å². The van der Waals surface area contributed by atoms with Gasteiger partial charge in [0, 0.05) is 58.0 Å². The van der Waals surface area contributed by atoms with Gasteiger partial charge in [0.25, 0.3) is 5.91 Å².